The molecule has 3 heterocycles. The molecule has 0 amide bonds. The molecule has 3 aromatic heterocycles. The number of aromatic amines is 2. The number of aromatic nitrogens is 5. The zero-order valence-corrected chi connectivity index (χ0v) is 15.0. The lowest BCUT2D eigenvalue weighted by atomic mass is 9.80. The molecule has 6 nitrogen and oxygen atoms in total. The molecule has 1 unspecified atom stereocenters. The standard InChI is InChI=1S/C22H16N6/c23-9-12-1-3-15-16(7-12)22(13-2-4-18-14(8-13)10-24-27-18)26-20-6-5-19-17(21(15)20)11-25-28-19/h2,4-6,8,10-12H,1,3,7H2,(H,24,27)(H,25,28). The van der Waals surface area contributed by atoms with E-state index in [2.05, 4.69) is 44.7 Å². The van der Waals surface area contributed by atoms with Crippen molar-refractivity contribution in [1.29, 1.82) is 5.26 Å². The summed E-state index contributed by atoms with van der Waals surface area (Å²) in [5, 5.41) is 27.3. The summed E-state index contributed by atoms with van der Waals surface area (Å²) in [6, 6.07) is 12.8. The van der Waals surface area contributed by atoms with Gasteiger partial charge in [0.05, 0.1) is 46.6 Å². The zero-order valence-electron chi connectivity index (χ0n) is 15.0. The molecular weight excluding hydrogens is 348 g/mol. The number of H-pyrrole nitrogens is 2. The van der Waals surface area contributed by atoms with Crippen LogP contribution in [0.3, 0.4) is 0 Å². The second-order valence-electron chi connectivity index (χ2n) is 7.45. The first kappa shape index (κ1) is 15.3. The van der Waals surface area contributed by atoms with Gasteiger partial charge in [-0.1, -0.05) is 6.07 Å². The van der Waals surface area contributed by atoms with Gasteiger partial charge in [-0.2, -0.15) is 15.5 Å². The summed E-state index contributed by atoms with van der Waals surface area (Å²) < 4.78 is 0. The van der Waals surface area contributed by atoms with E-state index in [1.54, 1.807) is 0 Å². The lowest BCUT2D eigenvalue weighted by Crippen LogP contribution is -2.15. The Balaban J connectivity index is 1.70. The molecular formula is C22H16N6. The Morgan fingerprint density at radius 3 is 2.79 bits per heavy atom. The number of fused-ring (bicyclic) bond motifs is 6. The number of pyridine rings is 1. The van der Waals surface area contributed by atoms with E-state index in [0.29, 0.717) is 0 Å². The molecule has 0 radical (unpaired) electrons. The van der Waals surface area contributed by atoms with E-state index in [1.807, 2.05) is 24.5 Å². The second kappa shape index (κ2) is 5.64. The van der Waals surface area contributed by atoms with Crippen LogP contribution >= 0.6 is 0 Å². The van der Waals surface area contributed by atoms with Crippen molar-refractivity contribution in [2.24, 2.45) is 5.92 Å². The lowest BCUT2D eigenvalue weighted by Gasteiger charge is -2.24. The molecule has 28 heavy (non-hydrogen) atoms. The molecule has 0 saturated carbocycles. The van der Waals surface area contributed by atoms with Gasteiger partial charge in [0.2, 0.25) is 0 Å². The average Bonchev–Trinajstić information content (AvgIpc) is 3.40. The van der Waals surface area contributed by atoms with Crippen molar-refractivity contribution in [1.82, 2.24) is 25.4 Å². The minimum absolute atomic E-state index is 0.0340. The van der Waals surface area contributed by atoms with Gasteiger partial charge in [-0.15, -0.1) is 0 Å². The highest BCUT2D eigenvalue weighted by atomic mass is 15.1. The Labute approximate surface area is 160 Å². The smallest absolute Gasteiger partial charge is 0.0745 e. The van der Waals surface area contributed by atoms with Gasteiger partial charge >= 0.3 is 0 Å². The van der Waals surface area contributed by atoms with Crippen molar-refractivity contribution in [3.8, 4) is 17.3 Å². The van der Waals surface area contributed by atoms with Gasteiger partial charge in [-0.25, -0.2) is 4.98 Å². The van der Waals surface area contributed by atoms with Crippen LogP contribution in [0.2, 0.25) is 0 Å². The Bertz CT molecular complexity index is 1420. The van der Waals surface area contributed by atoms with Crippen molar-refractivity contribution in [3.05, 3.63) is 53.9 Å². The number of nitrogens with zero attached hydrogens (tertiary/aromatic N) is 4. The van der Waals surface area contributed by atoms with Gasteiger partial charge in [-0.05, 0) is 54.7 Å². The lowest BCUT2D eigenvalue weighted by molar-refractivity contribution is 0.567. The van der Waals surface area contributed by atoms with Crippen LogP contribution in [0, 0.1) is 17.2 Å². The topological polar surface area (TPSA) is 94.0 Å². The summed E-state index contributed by atoms with van der Waals surface area (Å²) >= 11 is 0. The molecule has 1 aliphatic rings. The fraction of sp³-hybridized carbons (Fsp3) is 0.182. The van der Waals surface area contributed by atoms with Gasteiger partial charge in [0.1, 0.15) is 0 Å². The Kier molecular flexibility index (Phi) is 3.09. The van der Waals surface area contributed by atoms with Crippen molar-refractivity contribution in [2.45, 2.75) is 19.3 Å². The first-order chi connectivity index (χ1) is 13.8. The van der Waals surface area contributed by atoms with Crippen LogP contribution in [-0.4, -0.2) is 25.4 Å². The SMILES string of the molecule is N#CC1CCc2c(c(-c3ccc4[nH]ncc4c3)nc3ccc4[nH]ncc4c23)C1. The molecule has 5 aromatic rings. The summed E-state index contributed by atoms with van der Waals surface area (Å²) in [5.74, 6) is 0.0340. The highest BCUT2D eigenvalue weighted by Crippen LogP contribution is 2.39. The minimum atomic E-state index is 0.0340. The second-order valence-corrected chi connectivity index (χ2v) is 7.45. The molecule has 0 fully saturated rings. The quantitative estimate of drug-likeness (QED) is 0.464. The molecule has 2 N–H and O–H groups in total. The Morgan fingerprint density at radius 1 is 1.00 bits per heavy atom. The molecule has 1 atom stereocenters. The summed E-state index contributed by atoms with van der Waals surface area (Å²) in [6.07, 6.45) is 6.23. The third kappa shape index (κ3) is 2.10. The number of hydrogen-bond acceptors (Lipinski definition) is 4. The molecule has 0 bridgehead atoms. The van der Waals surface area contributed by atoms with Crippen molar-refractivity contribution in [2.75, 3.05) is 0 Å². The highest BCUT2D eigenvalue weighted by molar-refractivity contribution is 6.07. The summed E-state index contributed by atoms with van der Waals surface area (Å²) in [7, 11) is 0. The van der Waals surface area contributed by atoms with Gasteiger partial charge < -0.3 is 0 Å². The number of nitrogens with one attached hydrogen (secondary N) is 2. The maximum atomic E-state index is 9.55. The Morgan fingerprint density at radius 2 is 1.86 bits per heavy atom. The van der Waals surface area contributed by atoms with E-state index in [1.165, 1.54) is 16.5 Å². The minimum Gasteiger partial charge on any atom is -0.278 e. The first-order valence-electron chi connectivity index (χ1n) is 9.42. The molecule has 0 saturated heterocycles. The normalized spacial score (nSPS) is 16.5. The van der Waals surface area contributed by atoms with Gasteiger partial charge in [0.25, 0.3) is 0 Å². The van der Waals surface area contributed by atoms with Crippen molar-refractivity contribution in [3.63, 3.8) is 0 Å². The van der Waals surface area contributed by atoms with Crippen LogP contribution in [0.1, 0.15) is 17.5 Å². The third-order valence-corrected chi connectivity index (χ3v) is 5.88. The number of aryl methyl sites for hydroxylation is 1. The molecule has 2 aromatic carbocycles. The number of nitriles is 1. The maximum absolute atomic E-state index is 9.55. The number of benzene rings is 2. The molecule has 1 aliphatic carbocycles. The van der Waals surface area contributed by atoms with Gasteiger partial charge in [-0.3, -0.25) is 10.2 Å². The molecule has 0 spiro atoms. The van der Waals surface area contributed by atoms with Gasteiger partial charge in [0, 0.05) is 21.7 Å². The van der Waals surface area contributed by atoms with Gasteiger partial charge in [0.15, 0.2) is 0 Å². The van der Waals surface area contributed by atoms with E-state index in [-0.39, 0.29) is 5.92 Å². The number of rotatable bonds is 1. The van der Waals surface area contributed by atoms with E-state index in [4.69, 9.17) is 4.98 Å². The maximum Gasteiger partial charge on any atom is 0.0745 e. The Hall–Kier alpha value is -3.72. The largest absolute Gasteiger partial charge is 0.278 e. The van der Waals surface area contributed by atoms with Crippen LogP contribution in [0.4, 0.5) is 0 Å². The highest BCUT2D eigenvalue weighted by Gasteiger charge is 2.26. The van der Waals surface area contributed by atoms with Crippen molar-refractivity contribution < 1.29 is 0 Å². The van der Waals surface area contributed by atoms with Crippen molar-refractivity contribution >= 4 is 32.7 Å². The third-order valence-electron chi connectivity index (χ3n) is 5.88. The van der Waals surface area contributed by atoms with Crippen LogP contribution < -0.4 is 0 Å². The number of hydrogen-bond donors (Lipinski definition) is 2. The summed E-state index contributed by atoms with van der Waals surface area (Å²) in [4.78, 5) is 5.07. The monoisotopic (exact) mass is 364 g/mol. The fourth-order valence-corrected chi connectivity index (χ4v) is 4.50. The molecule has 134 valence electrons. The van der Waals surface area contributed by atoms with E-state index in [9.17, 15) is 5.26 Å². The fourth-order valence-electron chi connectivity index (χ4n) is 4.50. The van der Waals surface area contributed by atoms with Crippen LogP contribution in [-0.2, 0) is 12.8 Å². The first-order valence-corrected chi connectivity index (χ1v) is 9.42. The van der Waals surface area contributed by atoms with Crippen LogP contribution in [0.25, 0.3) is 44.0 Å². The predicted octanol–water partition coefficient (Wildman–Crippen LogP) is 4.28. The summed E-state index contributed by atoms with van der Waals surface area (Å²) in [5.41, 5.74) is 7.56. The van der Waals surface area contributed by atoms with E-state index >= 15 is 0 Å². The average molecular weight is 364 g/mol. The molecule has 6 rings (SSSR count). The van der Waals surface area contributed by atoms with E-state index in [0.717, 1.165) is 57.8 Å². The molecule has 0 aliphatic heterocycles. The van der Waals surface area contributed by atoms with Crippen LogP contribution in [0.15, 0.2) is 42.7 Å². The predicted molar refractivity (Wildman–Crippen MR) is 108 cm³/mol. The molecule has 6 heteroatoms. The van der Waals surface area contributed by atoms with E-state index < -0.39 is 0 Å². The zero-order chi connectivity index (χ0) is 18.7. The van der Waals surface area contributed by atoms with Crippen LogP contribution in [0.5, 0.6) is 0 Å². The summed E-state index contributed by atoms with van der Waals surface area (Å²) in [6.45, 7) is 0.